The molecule has 1 aliphatic rings. The van der Waals surface area contributed by atoms with Crippen molar-refractivity contribution in [3.63, 3.8) is 0 Å². The van der Waals surface area contributed by atoms with Crippen LogP contribution in [0.5, 0.6) is 0 Å². The summed E-state index contributed by atoms with van der Waals surface area (Å²) in [6.45, 7) is 3.10. The highest BCUT2D eigenvalue weighted by Gasteiger charge is 2.33. The van der Waals surface area contributed by atoms with Gasteiger partial charge in [-0.05, 0) is 37.9 Å². The first-order valence-electron chi connectivity index (χ1n) is 6.64. The number of amides is 1. The fraction of sp³-hybridized carbons (Fsp3) is 0.500. The van der Waals surface area contributed by atoms with Gasteiger partial charge >= 0.3 is 0 Å². The van der Waals surface area contributed by atoms with Gasteiger partial charge in [-0.2, -0.15) is 0 Å². The second kappa shape index (κ2) is 6.77. The Balaban J connectivity index is 0.00000220. The fourth-order valence-electron chi connectivity index (χ4n) is 2.72. The number of hydrogen-bond donors (Lipinski definition) is 1. The first kappa shape index (κ1) is 17.9. The summed E-state index contributed by atoms with van der Waals surface area (Å²) in [6.07, 6.45) is 1.98. The predicted molar refractivity (Wildman–Crippen MR) is 84.5 cm³/mol. The molecule has 1 heterocycles. The maximum atomic E-state index is 12.6. The Morgan fingerprint density at radius 2 is 2.00 bits per heavy atom. The number of carbonyl (C=O) groups is 1. The molecule has 1 amide bonds. The van der Waals surface area contributed by atoms with Crippen molar-refractivity contribution in [1.82, 2.24) is 4.90 Å². The summed E-state index contributed by atoms with van der Waals surface area (Å²) in [5, 5.41) is 0. The molecule has 0 aromatic heterocycles. The normalized spacial score (nSPS) is 22.0. The minimum Gasteiger partial charge on any atom is -0.336 e. The van der Waals surface area contributed by atoms with Crippen LogP contribution in [0.15, 0.2) is 29.2 Å². The molecule has 1 fully saturated rings. The molecular formula is C14H21ClN2O3S. The highest BCUT2D eigenvalue weighted by Crippen LogP contribution is 2.26. The summed E-state index contributed by atoms with van der Waals surface area (Å²) in [4.78, 5) is 14.4. The molecule has 2 unspecified atom stereocenters. The molecular weight excluding hydrogens is 312 g/mol. The average molecular weight is 333 g/mol. The van der Waals surface area contributed by atoms with Gasteiger partial charge in [-0.3, -0.25) is 4.79 Å². The zero-order valence-corrected chi connectivity index (χ0v) is 13.8. The summed E-state index contributed by atoms with van der Waals surface area (Å²) in [6, 6.07) is 6.45. The minimum absolute atomic E-state index is 0. The van der Waals surface area contributed by atoms with Gasteiger partial charge < -0.3 is 10.6 Å². The smallest absolute Gasteiger partial charge is 0.255 e. The van der Waals surface area contributed by atoms with Crippen LogP contribution in [-0.4, -0.2) is 44.6 Å². The Morgan fingerprint density at radius 3 is 2.52 bits per heavy atom. The van der Waals surface area contributed by atoms with Crippen molar-refractivity contribution in [3.05, 3.63) is 29.8 Å². The molecule has 5 nitrogen and oxygen atoms in total. The van der Waals surface area contributed by atoms with Crippen LogP contribution < -0.4 is 5.73 Å². The Morgan fingerprint density at radius 1 is 1.38 bits per heavy atom. The number of rotatable bonds is 3. The van der Waals surface area contributed by atoms with E-state index >= 15 is 0 Å². The van der Waals surface area contributed by atoms with E-state index in [9.17, 15) is 13.2 Å². The van der Waals surface area contributed by atoms with Crippen molar-refractivity contribution in [2.24, 2.45) is 11.7 Å². The molecule has 7 heteroatoms. The Bertz CT molecular complexity index is 618. The van der Waals surface area contributed by atoms with Crippen molar-refractivity contribution in [2.45, 2.75) is 24.3 Å². The molecule has 0 spiro atoms. The maximum Gasteiger partial charge on any atom is 0.255 e. The van der Waals surface area contributed by atoms with E-state index in [1.807, 2.05) is 6.92 Å². The van der Waals surface area contributed by atoms with E-state index in [1.54, 1.807) is 23.1 Å². The standard InChI is InChI=1S/C14H20N2O3S.ClH/c1-10-7-11(8-15)9-16(10)14(17)12-5-3-4-6-13(12)20(2,18)19;/h3-6,10-11H,7-9,15H2,1-2H3;1H. The highest BCUT2D eigenvalue weighted by atomic mass is 35.5. The maximum absolute atomic E-state index is 12.6. The summed E-state index contributed by atoms with van der Waals surface area (Å²) in [7, 11) is -3.42. The summed E-state index contributed by atoms with van der Waals surface area (Å²) in [5.74, 6) is 0.0637. The second-order valence-corrected chi connectivity index (χ2v) is 7.40. The van der Waals surface area contributed by atoms with E-state index in [0.717, 1.165) is 12.7 Å². The SMILES string of the molecule is CC1CC(CN)CN1C(=O)c1ccccc1S(C)(=O)=O.Cl. The van der Waals surface area contributed by atoms with Gasteiger partial charge in [-0.25, -0.2) is 8.42 Å². The van der Waals surface area contributed by atoms with E-state index in [2.05, 4.69) is 0 Å². The molecule has 0 bridgehead atoms. The van der Waals surface area contributed by atoms with Gasteiger partial charge in [0, 0.05) is 18.8 Å². The molecule has 1 aromatic carbocycles. The van der Waals surface area contributed by atoms with Gasteiger partial charge in [-0.1, -0.05) is 12.1 Å². The third kappa shape index (κ3) is 3.75. The number of nitrogens with two attached hydrogens (primary N) is 1. The Labute approximate surface area is 131 Å². The lowest BCUT2D eigenvalue weighted by molar-refractivity contribution is 0.0739. The van der Waals surface area contributed by atoms with E-state index in [0.29, 0.717) is 19.0 Å². The Kier molecular flexibility index (Phi) is 5.78. The van der Waals surface area contributed by atoms with Gasteiger partial charge in [0.05, 0.1) is 10.5 Å². The van der Waals surface area contributed by atoms with Crippen molar-refractivity contribution in [3.8, 4) is 0 Å². The van der Waals surface area contributed by atoms with E-state index in [1.165, 1.54) is 6.07 Å². The van der Waals surface area contributed by atoms with Crippen LogP contribution in [0.2, 0.25) is 0 Å². The lowest BCUT2D eigenvalue weighted by atomic mass is 10.1. The van der Waals surface area contributed by atoms with Crippen LogP contribution in [0.1, 0.15) is 23.7 Å². The van der Waals surface area contributed by atoms with Crippen molar-refractivity contribution >= 4 is 28.2 Å². The number of benzene rings is 1. The monoisotopic (exact) mass is 332 g/mol. The van der Waals surface area contributed by atoms with Crippen molar-refractivity contribution in [1.29, 1.82) is 0 Å². The number of halogens is 1. The molecule has 1 saturated heterocycles. The molecule has 21 heavy (non-hydrogen) atoms. The van der Waals surface area contributed by atoms with Crippen LogP contribution in [0.25, 0.3) is 0 Å². The summed E-state index contributed by atoms with van der Waals surface area (Å²) >= 11 is 0. The predicted octanol–water partition coefficient (Wildman–Crippen LogP) is 1.32. The molecule has 0 radical (unpaired) electrons. The third-order valence-electron chi connectivity index (χ3n) is 3.77. The van der Waals surface area contributed by atoms with Gasteiger partial charge in [-0.15, -0.1) is 12.4 Å². The first-order chi connectivity index (χ1) is 9.34. The van der Waals surface area contributed by atoms with E-state index in [4.69, 9.17) is 5.73 Å². The van der Waals surface area contributed by atoms with Crippen LogP contribution >= 0.6 is 12.4 Å². The van der Waals surface area contributed by atoms with Crippen molar-refractivity contribution in [2.75, 3.05) is 19.3 Å². The minimum atomic E-state index is -3.42. The number of hydrogen-bond acceptors (Lipinski definition) is 4. The number of carbonyl (C=O) groups excluding carboxylic acids is 1. The molecule has 2 rings (SSSR count). The zero-order chi connectivity index (χ0) is 14.9. The quantitative estimate of drug-likeness (QED) is 0.905. The summed E-state index contributed by atoms with van der Waals surface area (Å²) in [5.41, 5.74) is 5.91. The first-order valence-corrected chi connectivity index (χ1v) is 8.54. The van der Waals surface area contributed by atoms with Gasteiger partial charge in [0.2, 0.25) is 0 Å². The highest BCUT2D eigenvalue weighted by molar-refractivity contribution is 7.90. The third-order valence-corrected chi connectivity index (χ3v) is 4.93. The molecule has 1 aliphatic heterocycles. The lowest BCUT2D eigenvalue weighted by Gasteiger charge is -2.22. The largest absolute Gasteiger partial charge is 0.336 e. The van der Waals surface area contributed by atoms with Crippen molar-refractivity contribution < 1.29 is 13.2 Å². The second-order valence-electron chi connectivity index (χ2n) is 5.41. The van der Waals surface area contributed by atoms with Gasteiger partial charge in [0.15, 0.2) is 9.84 Å². The zero-order valence-electron chi connectivity index (χ0n) is 12.2. The molecule has 2 N–H and O–H groups in total. The molecule has 118 valence electrons. The molecule has 1 aromatic rings. The number of nitrogens with zero attached hydrogens (tertiary/aromatic N) is 1. The molecule has 0 saturated carbocycles. The van der Waals surface area contributed by atoms with E-state index < -0.39 is 9.84 Å². The Hall–Kier alpha value is -1.11. The topological polar surface area (TPSA) is 80.5 Å². The number of sulfone groups is 1. The average Bonchev–Trinajstić information content (AvgIpc) is 2.78. The van der Waals surface area contributed by atoms with Crippen LogP contribution in [0.4, 0.5) is 0 Å². The number of likely N-dealkylation sites (tertiary alicyclic amines) is 1. The molecule has 0 aliphatic carbocycles. The molecule has 2 atom stereocenters. The van der Waals surface area contributed by atoms with E-state index in [-0.39, 0.29) is 34.8 Å². The van der Waals surface area contributed by atoms with Crippen LogP contribution in [0, 0.1) is 5.92 Å². The van der Waals surface area contributed by atoms with Gasteiger partial charge in [0.1, 0.15) is 0 Å². The lowest BCUT2D eigenvalue weighted by Crippen LogP contribution is -2.35. The van der Waals surface area contributed by atoms with Crippen LogP contribution in [0.3, 0.4) is 0 Å². The van der Waals surface area contributed by atoms with Crippen LogP contribution in [-0.2, 0) is 9.84 Å². The fourth-order valence-corrected chi connectivity index (χ4v) is 3.60. The van der Waals surface area contributed by atoms with Gasteiger partial charge in [0.25, 0.3) is 5.91 Å². The summed E-state index contributed by atoms with van der Waals surface area (Å²) < 4.78 is 23.6.